The third-order valence-corrected chi connectivity index (χ3v) is 6.12. The zero-order chi connectivity index (χ0) is 25.9. The standard InChI is InChI=1S/C24H27FN2O3.C2H2O4/c25-20-6-4-18(5-7-20)22-10-13-27(12-3-1-2-11-26)15-19(22)16-28-21-8-9-23-24(14-21)30-17-29-23;3-1(4)2(5)6/h4-9,14,19,22H,1-3,10,12-13,15-17H2;(H,3,4)(H,5,6)/t19-,22-;/m0./s1. The van der Waals surface area contributed by atoms with Gasteiger partial charge >= 0.3 is 11.9 Å². The molecule has 2 N–H and O–H groups in total. The minimum absolute atomic E-state index is 0.207. The quantitative estimate of drug-likeness (QED) is 0.410. The molecule has 0 radical (unpaired) electrons. The summed E-state index contributed by atoms with van der Waals surface area (Å²) in [5.41, 5.74) is 1.17. The van der Waals surface area contributed by atoms with Crippen molar-refractivity contribution in [3.63, 3.8) is 0 Å². The summed E-state index contributed by atoms with van der Waals surface area (Å²) in [5, 5.41) is 23.5. The first-order chi connectivity index (χ1) is 17.4. The van der Waals surface area contributed by atoms with Crippen LogP contribution in [0.2, 0.25) is 0 Å². The molecule has 2 aromatic rings. The summed E-state index contributed by atoms with van der Waals surface area (Å²) in [6.45, 7) is 3.76. The van der Waals surface area contributed by atoms with Crippen LogP contribution in [-0.4, -0.2) is 60.1 Å². The number of fused-ring (bicyclic) bond motifs is 1. The molecule has 36 heavy (non-hydrogen) atoms. The number of benzene rings is 2. The van der Waals surface area contributed by atoms with Crippen LogP contribution in [0, 0.1) is 23.1 Å². The van der Waals surface area contributed by atoms with Gasteiger partial charge in [-0.1, -0.05) is 12.1 Å². The molecule has 0 aromatic heterocycles. The molecule has 0 bridgehead atoms. The Kier molecular flexibility index (Phi) is 9.89. The second kappa shape index (κ2) is 13.3. The third kappa shape index (κ3) is 7.85. The van der Waals surface area contributed by atoms with Crippen molar-refractivity contribution in [2.45, 2.75) is 31.6 Å². The van der Waals surface area contributed by atoms with Crippen LogP contribution in [0.3, 0.4) is 0 Å². The second-order valence-corrected chi connectivity index (χ2v) is 8.56. The van der Waals surface area contributed by atoms with Crippen LogP contribution in [-0.2, 0) is 9.59 Å². The average molecular weight is 501 g/mol. The summed E-state index contributed by atoms with van der Waals surface area (Å²) in [6, 6.07) is 14.7. The van der Waals surface area contributed by atoms with Gasteiger partial charge in [0.2, 0.25) is 6.79 Å². The highest BCUT2D eigenvalue weighted by Crippen LogP contribution is 2.37. The van der Waals surface area contributed by atoms with Gasteiger partial charge in [-0.25, -0.2) is 14.0 Å². The van der Waals surface area contributed by atoms with Crippen molar-refractivity contribution < 1.29 is 38.4 Å². The van der Waals surface area contributed by atoms with Gasteiger partial charge in [-0.05, 0) is 68.1 Å². The number of aliphatic carboxylic acids is 2. The van der Waals surface area contributed by atoms with E-state index in [0.29, 0.717) is 30.6 Å². The van der Waals surface area contributed by atoms with Gasteiger partial charge in [0, 0.05) is 24.9 Å². The van der Waals surface area contributed by atoms with Crippen LogP contribution in [0.15, 0.2) is 42.5 Å². The first kappa shape index (κ1) is 26.8. The lowest BCUT2D eigenvalue weighted by molar-refractivity contribution is -0.159. The van der Waals surface area contributed by atoms with Crippen LogP contribution in [0.5, 0.6) is 17.2 Å². The largest absolute Gasteiger partial charge is 0.493 e. The van der Waals surface area contributed by atoms with Gasteiger partial charge in [0.05, 0.1) is 12.7 Å². The number of carboxylic acid groups (broad SMARTS) is 2. The number of nitrogens with zero attached hydrogens (tertiary/aromatic N) is 2. The lowest BCUT2D eigenvalue weighted by Gasteiger charge is -2.39. The molecule has 2 aromatic carbocycles. The van der Waals surface area contributed by atoms with Crippen LogP contribution in [0.4, 0.5) is 4.39 Å². The monoisotopic (exact) mass is 500 g/mol. The molecule has 0 amide bonds. The Balaban J connectivity index is 0.000000538. The van der Waals surface area contributed by atoms with Gasteiger partial charge < -0.3 is 29.3 Å². The topological polar surface area (TPSA) is 129 Å². The van der Waals surface area contributed by atoms with Crippen LogP contribution >= 0.6 is 0 Å². The van der Waals surface area contributed by atoms with Crippen molar-refractivity contribution in [3.8, 4) is 23.3 Å². The lowest BCUT2D eigenvalue weighted by Crippen LogP contribution is -2.42. The minimum atomic E-state index is -1.82. The second-order valence-electron chi connectivity index (χ2n) is 8.56. The number of unbranched alkanes of at least 4 members (excludes halogenated alkanes) is 2. The third-order valence-electron chi connectivity index (χ3n) is 6.12. The van der Waals surface area contributed by atoms with E-state index in [2.05, 4.69) is 11.0 Å². The maximum absolute atomic E-state index is 13.4. The average Bonchev–Trinajstić information content (AvgIpc) is 3.34. The van der Waals surface area contributed by atoms with E-state index in [1.807, 2.05) is 30.3 Å². The van der Waals surface area contributed by atoms with Crippen LogP contribution < -0.4 is 14.2 Å². The Morgan fingerprint density at radius 3 is 2.50 bits per heavy atom. The molecule has 4 rings (SSSR count). The highest BCUT2D eigenvalue weighted by atomic mass is 19.1. The first-order valence-electron chi connectivity index (χ1n) is 11.7. The zero-order valence-electron chi connectivity index (χ0n) is 19.8. The van der Waals surface area contributed by atoms with Crippen molar-refractivity contribution in [1.29, 1.82) is 5.26 Å². The molecule has 192 valence electrons. The Labute approximate surface area is 208 Å². The molecule has 2 aliphatic rings. The smallest absolute Gasteiger partial charge is 0.414 e. The maximum Gasteiger partial charge on any atom is 0.414 e. The molecule has 0 unspecified atom stereocenters. The Morgan fingerprint density at radius 1 is 1.08 bits per heavy atom. The maximum atomic E-state index is 13.4. The van der Waals surface area contributed by atoms with Gasteiger partial charge in [0.15, 0.2) is 11.5 Å². The first-order valence-corrected chi connectivity index (χ1v) is 11.7. The van der Waals surface area contributed by atoms with Gasteiger partial charge in [0.1, 0.15) is 11.6 Å². The molecule has 10 heteroatoms. The molecule has 1 fully saturated rings. The molecule has 2 aliphatic heterocycles. The summed E-state index contributed by atoms with van der Waals surface area (Å²) in [7, 11) is 0. The highest BCUT2D eigenvalue weighted by Gasteiger charge is 2.31. The van der Waals surface area contributed by atoms with Crippen molar-refractivity contribution >= 4 is 11.9 Å². The lowest BCUT2D eigenvalue weighted by atomic mass is 9.80. The Morgan fingerprint density at radius 2 is 1.81 bits per heavy atom. The summed E-state index contributed by atoms with van der Waals surface area (Å²) >= 11 is 0. The fraction of sp³-hybridized carbons (Fsp3) is 0.423. The molecule has 0 saturated carbocycles. The van der Waals surface area contributed by atoms with E-state index in [1.54, 1.807) is 12.1 Å². The number of hydrogen-bond donors (Lipinski definition) is 2. The van der Waals surface area contributed by atoms with Gasteiger partial charge in [-0.2, -0.15) is 5.26 Å². The number of hydrogen-bond acceptors (Lipinski definition) is 7. The van der Waals surface area contributed by atoms with E-state index in [1.165, 1.54) is 5.56 Å². The molecule has 2 atom stereocenters. The number of ether oxygens (including phenoxy) is 3. The predicted octanol–water partition coefficient (Wildman–Crippen LogP) is 3.89. The van der Waals surface area contributed by atoms with Crippen molar-refractivity contribution in [2.24, 2.45) is 5.92 Å². The summed E-state index contributed by atoms with van der Waals surface area (Å²) in [4.78, 5) is 20.7. The van der Waals surface area contributed by atoms with E-state index in [0.717, 1.165) is 50.4 Å². The number of halogens is 1. The zero-order valence-corrected chi connectivity index (χ0v) is 19.8. The molecule has 0 aliphatic carbocycles. The van der Waals surface area contributed by atoms with Crippen molar-refractivity contribution in [3.05, 3.63) is 53.8 Å². The fourth-order valence-electron chi connectivity index (χ4n) is 4.34. The van der Waals surface area contributed by atoms with E-state index in [4.69, 9.17) is 39.3 Å². The number of carboxylic acids is 2. The normalized spacial score (nSPS) is 18.4. The molecular formula is C26H29FN2O7. The predicted molar refractivity (Wildman–Crippen MR) is 126 cm³/mol. The summed E-state index contributed by atoms with van der Waals surface area (Å²) < 4.78 is 30.4. The van der Waals surface area contributed by atoms with E-state index >= 15 is 0 Å². The molecule has 0 spiro atoms. The van der Waals surface area contributed by atoms with Crippen LogP contribution in [0.1, 0.15) is 37.2 Å². The molecule has 1 saturated heterocycles. The molecule has 2 heterocycles. The number of piperidine rings is 1. The minimum Gasteiger partial charge on any atom is -0.493 e. The number of nitriles is 1. The van der Waals surface area contributed by atoms with E-state index in [9.17, 15) is 4.39 Å². The van der Waals surface area contributed by atoms with Gasteiger partial charge in [-0.15, -0.1) is 0 Å². The van der Waals surface area contributed by atoms with Gasteiger partial charge in [0.25, 0.3) is 0 Å². The molecule has 9 nitrogen and oxygen atoms in total. The fourth-order valence-corrected chi connectivity index (χ4v) is 4.34. The van der Waals surface area contributed by atoms with Crippen molar-refractivity contribution in [2.75, 3.05) is 33.0 Å². The highest BCUT2D eigenvalue weighted by molar-refractivity contribution is 6.27. The Bertz CT molecular complexity index is 1060. The van der Waals surface area contributed by atoms with Crippen molar-refractivity contribution in [1.82, 2.24) is 4.90 Å². The Hall–Kier alpha value is -3.84. The number of rotatable bonds is 8. The SMILES string of the molecule is N#CCCCCN1CC[C@@H](c2ccc(F)cc2)[C@H](COc2ccc3c(c2)OCO3)C1.O=C(O)C(=O)O. The van der Waals surface area contributed by atoms with E-state index in [-0.39, 0.29) is 12.6 Å². The summed E-state index contributed by atoms with van der Waals surface area (Å²) in [6.07, 6.45) is 3.60. The summed E-state index contributed by atoms with van der Waals surface area (Å²) in [5.74, 6) is -1.01. The van der Waals surface area contributed by atoms with Crippen LogP contribution in [0.25, 0.3) is 0 Å². The molecular weight excluding hydrogens is 471 g/mol. The van der Waals surface area contributed by atoms with E-state index < -0.39 is 11.9 Å². The number of likely N-dealkylation sites (tertiary alicyclic amines) is 1. The number of carbonyl (C=O) groups is 2. The van der Waals surface area contributed by atoms with Gasteiger partial charge in [-0.3, -0.25) is 0 Å².